The quantitative estimate of drug-likeness (QED) is 0.849. The van der Waals surface area contributed by atoms with Crippen LogP contribution in [0.3, 0.4) is 0 Å². The highest BCUT2D eigenvalue weighted by atomic mass is 32.2. The van der Waals surface area contributed by atoms with Crippen LogP contribution in [0.5, 0.6) is 0 Å². The second-order valence-corrected chi connectivity index (χ2v) is 8.12. The van der Waals surface area contributed by atoms with Crippen molar-refractivity contribution in [3.63, 3.8) is 0 Å². The molecule has 0 saturated carbocycles. The standard InChI is InChI=1S/C16H21NO2S2/c1-3-17-16(11-8-14-5-4-12-20-14)13-6-9-15(10-7-13)21(2,18)19/h4-7,9-10,12,16-17H,3,8,11H2,1-2H3. The molecule has 0 radical (unpaired) electrons. The number of nitrogens with one attached hydrogen (secondary N) is 1. The Balaban J connectivity index is 2.10. The minimum Gasteiger partial charge on any atom is -0.310 e. The van der Waals surface area contributed by atoms with Crippen molar-refractivity contribution in [2.75, 3.05) is 12.8 Å². The van der Waals surface area contributed by atoms with Gasteiger partial charge >= 0.3 is 0 Å². The van der Waals surface area contributed by atoms with Gasteiger partial charge in [0.1, 0.15) is 0 Å². The van der Waals surface area contributed by atoms with Gasteiger partial charge in [0.2, 0.25) is 0 Å². The van der Waals surface area contributed by atoms with Gasteiger partial charge in [-0.2, -0.15) is 0 Å². The first kappa shape index (κ1) is 16.2. The average Bonchev–Trinajstić information content (AvgIpc) is 2.96. The molecule has 0 aliphatic rings. The molecule has 1 atom stereocenters. The summed E-state index contributed by atoms with van der Waals surface area (Å²) in [6.45, 7) is 2.98. The van der Waals surface area contributed by atoms with Gasteiger partial charge in [-0.1, -0.05) is 25.1 Å². The SMILES string of the molecule is CCNC(CCc1cccs1)c1ccc(S(C)(=O)=O)cc1. The van der Waals surface area contributed by atoms with E-state index in [2.05, 4.69) is 29.8 Å². The van der Waals surface area contributed by atoms with E-state index in [4.69, 9.17) is 0 Å². The van der Waals surface area contributed by atoms with Crippen LogP contribution in [0, 0.1) is 0 Å². The van der Waals surface area contributed by atoms with Crippen LogP contribution in [0.25, 0.3) is 0 Å². The smallest absolute Gasteiger partial charge is 0.175 e. The summed E-state index contributed by atoms with van der Waals surface area (Å²) in [5.41, 5.74) is 1.14. The van der Waals surface area contributed by atoms with Crippen molar-refractivity contribution in [3.8, 4) is 0 Å². The molecule has 2 aromatic rings. The highest BCUT2D eigenvalue weighted by Gasteiger charge is 2.12. The van der Waals surface area contributed by atoms with E-state index in [9.17, 15) is 8.42 Å². The molecular formula is C16H21NO2S2. The lowest BCUT2D eigenvalue weighted by Crippen LogP contribution is -2.21. The summed E-state index contributed by atoms with van der Waals surface area (Å²) < 4.78 is 23.0. The van der Waals surface area contributed by atoms with E-state index in [1.54, 1.807) is 23.5 Å². The Hall–Kier alpha value is -1.17. The minimum atomic E-state index is -3.12. The molecule has 3 nitrogen and oxygen atoms in total. The molecule has 21 heavy (non-hydrogen) atoms. The average molecular weight is 323 g/mol. The molecule has 5 heteroatoms. The van der Waals surface area contributed by atoms with Crippen molar-refractivity contribution in [3.05, 3.63) is 52.2 Å². The largest absolute Gasteiger partial charge is 0.310 e. The molecule has 0 fully saturated rings. The number of rotatable bonds is 7. The normalized spacial score (nSPS) is 13.2. The second kappa shape index (κ2) is 7.20. The van der Waals surface area contributed by atoms with Crippen LogP contribution in [0.2, 0.25) is 0 Å². The minimum absolute atomic E-state index is 0.255. The summed E-state index contributed by atoms with van der Waals surface area (Å²) in [5.74, 6) is 0. The van der Waals surface area contributed by atoms with Crippen LogP contribution < -0.4 is 5.32 Å². The van der Waals surface area contributed by atoms with Gasteiger partial charge in [0.25, 0.3) is 0 Å². The van der Waals surface area contributed by atoms with Crippen molar-refractivity contribution >= 4 is 21.2 Å². The number of benzene rings is 1. The molecular weight excluding hydrogens is 302 g/mol. The highest BCUT2D eigenvalue weighted by molar-refractivity contribution is 7.90. The fourth-order valence-electron chi connectivity index (χ4n) is 2.32. The van der Waals surface area contributed by atoms with Crippen molar-refractivity contribution in [1.29, 1.82) is 0 Å². The summed E-state index contributed by atoms with van der Waals surface area (Å²) >= 11 is 1.78. The lowest BCUT2D eigenvalue weighted by molar-refractivity contribution is 0.516. The molecule has 0 spiro atoms. The zero-order chi connectivity index (χ0) is 15.3. The van der Waals surface area contributed by atoms with Gasteiger partial charge < -0.3 is 5.32 Å². The fraction of sp³-hybridized carbons (Fsp3) is 0.375. The van der Waals surface area contributed by atoms with Crippen molar-refractivity contribution in [1.82, 2.24) is 5.32 Å². The summed E-state index contributed by atoms with van der Waals surface area (Å²) in [6.07, 6.45) is 3.27. The maximum Gasteiger partial charge on any atom is 0.175 e. The number of hydrogen-bond donors (Lipinski definition) is 1. The Morgan fingerprint density at radius 3 is 2.43 bits per heavy atom. The Kier molecular flexibility index (Phi) is 5.56. The van der Waals surface area contributed by atoms with Gasteiger partial charge in [-0.3, -0.25) is 0 Å². The molecule has 2 rings (SSSR count). The van der Waals surface area contributed by atoms with E-state index >= 15 is 0 Å². The molecule has 1 unspecified atom stereocenters. The third kappa shape index (κ3) is 4.66. The van der Waals surface area contributed by atoms with Gasteiger partial charge in [0.05, 0.1) is 4.90 Å². The van der Waals surface area contributed by atoms with Crippen LogP contribution in [-0.4, -0.2) is 21.2 Å². The maximum absolute atomic E-state index is 11.5. The second-order valence-electron chi connectivity index (χ2n) is 5.07. The molecule has 0 aliphatic carbocycles. The zero-order valence-electron chi connectivity index (χ0n) is 12.4. The summed E-state index contributed by atoms with van der Waals surface area (Å²) in [4.78, 5) is 1.76. The van der Waals surface area contributed by atoms with Gasteiger partial charge in [0.15, 0.2) is 9.84 Å². The Bertz CT molecular complexity index is 646. The van der Waals surface area contributed by atoms with E-state index in [-0.39, 0.29) is 6.04 Å². The lowest BCUT2D eigenvalue weighted by Gasteiger charge is -2.18. The molecule has 1 aromatic carbocycles. The molecule has 1 heterocycles. The van der Waals surface area contributed by atoms with Gasteiger partial charge in [-0.15, -0.1) is 11.3 Å². The van der Waals surface area contributed by atoms with Gasteiger partial charge in [-0.25, -0.2) is 8.42 Å². The lowest BCUT2D eigenvalue weighted by atomic mass is 10.0. The molecule has 0 saturated heterocycles. The zero-order valence-corrected chi connectivity index (χ0v) is 14.0. The van der Waals surface area contributed by atoms with E-state index in [0.29, 0.717) is 4.90 Å². The summed E-state index contributed by atoms with van der Waals surface area (Å²) in [6, 6.07) is 11.7. The third-order valence-corrected chi connectivity index (χ3v) is 5.49. The number of aryl methyl sites for hydroxylation is 1. The molecule has 114 valence electrons. The Morgan fingerprint density at radius 1 is 1.19 bits per heavy atom. The first-order valence-electron chi connectivity index (χ1n) is 7.06. The monoisotopic (exact) mass is 323 g/mol. The predicted octanol–water partition coefficient (Wildman–Crippen LogP) is 3.44. The summed E-state index contributed by atoms with van der Waals surface area (Å²) in [7, 11) is -3.12. The first-order valence-corrected chi connectivity index (χ1v) is 9.83. The molecule has 0 bridgehead atoms. The first-order chi connectivity index (χ1) is 10.0. The van der Waals surface area contributed by atoms with Crippen LogP contribution in [0.15, 0.2) is 46.7 Å². The Labute approximate surface area is 130 Å². The molecule has 0 aliphatic heterocycles. The maximum atomic E-state index is 11.5. The number of sulfone groups is 1. The molecule has 1 aromatic heterocycles. The molecule has 0 amide bonds. The van der Waals surface area contributed by atoms with E-state index in [1.165, 1.54) is 11.1 Å². The van der Waals surface area contributed by atoms with Gasteiger partial charge in [0, 0.05) is 17.2 Å². The van der Waals surface area contributed by atoms with Crippen LogP contribution in [0.4, 0.5) is 0 Å². The number of hydrogen-bond acceptors (Lipinski definition) is 4. The number of thiophene rings is 1. The van der Waals surface area contributed by atoms with Crippen LogP contribution in [-0.2, 0) is 16.3 Å². The highest BCUT2D eigenvalue weighted by Crippen LogP contribution is 2.22. The third-order valence-electron chi connectivity index (χ3n) is 3.42. The van der Waals surface area contributed by atoms with Gasteiger partial charge in [-0.05, 0) is 48.5 Å². The Morgan fingerprint density at radius 2 is 1.90 bits per heavy atom. The van der Waals surface area contributed by atoms with Crippen molar-refractivity contribution < 1.29 is 8.42 Å². The van der Waals surface area contributed by atoms with Crippen molar-refractivity contribution in [2.24, 2.45) is 0 Å². The fourth-order valence-corrected chi connectivity index (χ4v) is 3.68. The van der Waals surface area contributed by atoms with Crippen molar-refractivity contribution in [2.45, 2.75) is 30.7 Å². The van der Waals surface area contributed by atoms with E-state index in [1.807, 2.05) is 12.1 Å². The molecule has 1 N–H and O–H groups in total. The summed E-state index contributed by atoms with van der Waals surface area (Å²) in [5, 5.41) is 5.57. The topological polar surface area (TPSA) is 46.2 Å². The van der Waals surface area contributed by atoms with E-state index < -0.39 is 9.84 Å². The predicted molar refractivity (Wildman–Crippen MR) is 88.6 cm³/mol. The van der Waals surface area contributed by atoms with Crippen LogP contribution in [0.1, 0.15) is 29.8 Å². The van der Waals surface area contributed by atoms with E-state index in [0.717, 1.165) is 24.9 Å². The van der Waals surface area contributed by atoms with Crippen LogP contribution >= 0.6 is 11.3 Å².